The molecule has 0 fully saturated rings. The van der Waals surface area contributed by atoms with Crippen LogP contribution in [0.1, 0.15) is 33.4 Å². The average molecular weight is 454 g/mol. The van der Waals surface area contributed by atoms with E-state index < -0.39 is 6.04 Å². The van der Waals surface area contributed by atoms with E-state index in [1.165, 1.54) is 0 Å². The van der Waals surface area contributed by atoms with Gasteiger partial charge in [0.15, 0.2) is 0 Å². The number of fused-ring (bicyclic) bond motifs is 1. The molecule has 0 bridgehead atoms. The van der Waals surface area contributed by atoms with Gasteiger partial charge in [0.05, 0.1) is 41.7 Å². The molecule has 2 aromatic carbocycles. The number of amides is 1. The molecule has 1 amide bonds. The van der Waals surface area contributed by atoms with E-state index in [0.29, 0.717) is 33.7 Å². The molecule has 31 heavy (non-hydrogen) atoms. The lowest BCUT2D eigenvalue weighted by Gasteiger charge is -2.26. The van der Waals surface area contributed by atoms with Crippen LogP contribution in [0.25, 0.3) is 11.3 Å². The van der Waals surface area contributed by atoms with Crippen molar-refractivity contribution in [1.82, 2.24) is 15.1 Å². The molecular weight excluding hydrogens is 437 g/mol. The van der Waals surface area contributed by atoms with Crippen molar-refractivity contribution in [2.24, 2.45) is 0 Å². The van der Waals surface area contributed by atoms with E-state index in [0.717, 1.165) is 22.4 Å². The zero-order chi connectivity index (χ0) is 21.5. The molecule has 1 atom stereocenters. The van der Waals surface area contributed by atoms with Gasteiger partial charge in [-0.25, -0.2) is 0 Å². The summed E-state index contributed by atoms with van der Waals surface area (Å²) in [6.45, 7) is 0.307. The van der Waals surface area contributed by atoms with Crippen molar-refractivity contribution in [2.45, 2.75) is 12.6 Å². The molecule has 5 rings (SSSR count). The summed E-state index contributed by atoms with van der Waals surface area (Å²) >= 11 is 12.5. The number of rotatable bonds is 5. The van der Waals surface area contributed by atoms with E-state index in [2.05, 4.69) is 10.2 Å². The Bertz CT molecular complexity index is 1250. The fourth-order valence-corrected chi connectivity index (χ4v) is 4.23. The fraction of sp³-hybridized carbons (Fsp3) is 0.130. The number of H-pyrrole nitrogens is 1. The van der Waals surface area contributed by atoms with Crippen LogP contribution >= 0.6 is 23.2 Å². The summed E-state index contributed by atoms with van der Waals surface area (Å²) in [5.74, 6) is 1.27. The van der Waals surface area contributed by atoms with Crippen LogP contribution in [0.3, 0.4) is 0 Å². The third kappa shape index (κ3) is 3.38. The molecule has 1 N–H and O–H groups in total. The number of nitrogens with zero attached hydrogens (tertiary/aromatic N) is 2. The van der Waals surface area contributed by atoms with Gasteiger partial charge >= 0.3 is 0 Å². The third-order valence-corrected chi connectivity index (χ3v) is 6.13. The highest BCUT2D eigenvalue weighted by atomic mass is 35.5. The van der Waals surface area contributed by atoms with E-state index >= 15 is 0 Å². The molecule has 2 aromatic heterocycles. The largest absolute Gasteiger partial charge is 0.497 e. The van der Waals surface area contributed by atoms with Crippen LogP contribution in [0.2, 0.25) is 10.0 Å². The van der Waals surface area contributed by atoms with Gasteiger partial charge in [0.1, 0.15) is 17.2 Å². The van der Waals surface area contributed by atoms with Crippen molar-refractivity contribution in [3.8, 4) is 17.0 Å². The quantitative estimate of drug-likeness (QED) is 0.418. The molecular formula is C23H17Cl2N3O3. The Kier molecular flexibility index (Phi) is 4.96. The minimum absolute atomic E-state index is 0.158. The van der Waals surface area contributed by atoms with Gasteiger partial charge in [0.25, 0.3) is 5.91 Å². The van der Waals surface area contributed by atoms with Gasteiger partial charge in [-0.3, -0.25) is 9.89 Å². The Labute approximate surface area is 188 Å². The fourth-order valence-electron chi connectivity index (χ4n) is 3.93. The number of furan rings is 1. The molecule has 156 valence electrons. The second kappa shape index (κ2) is 7.80. The SMILES string of the molecule is COc1ccc(-c2n[nH]c3c2C(c2ccc(Cl)c(Cl)c2)N(Cc2ccco2)C3=O)cc1. The number of aromatic amines is 1. The van der Waals surface area contributed by atoms with Crippen molar-refractivity contribution < 1.29 is 13.9 Å². The maximum Gasteiger partial charge on any atom is 0.273 e. The second-order valence-corrected chi connectivity index (χ2v) is 7.99. The van der Waals surface area contributed by atoms with Crippen LogP contribution in [0, 0.1) is 0 Å². The average Bonchev–Trinajstić information content (AvgIpc) is 3.50. The Morgan fingerprint density at radius 1 is 1.13 bits per heavy atom. The lowest BCUT2D eigenvalue weighted by molar-refractivity contribution is 0.0717. The first-order valence-corrected chi connectivity index (χ1v) is 10.3. The topological polar surface area (TPSA) is 71.4 Å². The maximum absolute atomic E-state index is 13.3. The molecule has 8 heteroatoms. The normalized spacial score (nSPS) is 15.4. The van der Waals surface area contributed by atoms with Crippen molar-refractivity contribution >= 4 is 29.1 Å². The van der Waals surface area contributed by atoms with Gasteiger partial charge in [-0.15, -0.1) is 0 Å². The first-order chi connectivity index (χ1) is 15.1. The molecule has 6 nitrogen and oxygen atoms in total. The van der Waals surface area contributed by atoms with E-state index in [1.807, 2.05) is 36.4 Å². The molecule has 0 aliphatic carbocycles. The van der Waals surface area contributed by atoms with Crippen molar-refractivity contribution in [1.29, 1.82) is 0 Å². The van der Waals surface area contributed by atoms with Crippen LogP contribution in [0.15, 0.2) is 65.3 Å². The van der Waals surface area contributed by atoms with Crippen LogP contribution < -0.4 is 4.74 Å². The van der Waals surface area contributed by atoms with Gasteiger partial charge in [0, 0.05) is 11.1 Å². The number of carbonyl (C=O) groups is 1. The van der Waals surface area contributed by atoms with Crippen molar-refractivity contribution in [3.63, 3.8) is 0 Å². The molecule has 3 heterocycles. The van der Waals surface area contributed by atoms with E-state index in [9.17, 15) is 4.79 Å². The van der Waals surface area contributed by atoms with Crippen LogP contribution in [-0.4, -0.2) is 28.1 Å². The molecule has 0 saturated heterocycles. The van der Waals surface area contributed by atoms with Gasteiger partial charge in [0.2, 0.25) is 0 Å². The number of benzene rings is 2. The third-order valence-electron chi connectivity index (χ3n) is 5.39. The molecule has 1 aliphatic heterocycles. The molecule has 1 aliphatic rings. The molecule has 1 unspecified atom stereocenters. The van der Waals surface area contributed by atoms with E-state index in [1.54, 1.807) is 36.5 Å². The molecule has 0 saturated carbocycles. The van der Waals surface area contributed by atoms with E-state index in [4.69, 9.17) is 32.4 Å². The van der Waals surface area contributed by atoms with Gasteiger partial charge < -0.3 is 14.1 Å². The summed E-state index contributed by atoms with van der Waals surface area (Å²) in [4.78, 5) is 15.1. The highest BCUT2D eigenvalue weighted by Crippen LogP contribution is 2.44. The summed E-state index contributed by atoms with van der Waals surface area (Å²) in [5.41, 5.74) is 3.65. The zero-order valence-electron chi connectivity index (χ0n) is 16.4. The zero-order valence-corrected chi connectivity index (χ0v) is 17.9. The Balaban J connectivity index is 1.65. The number of carbonyl (C=O) groups excluding carboxylic acids is 1. The number of nitrogens with one attached hydrogen (secondary N) is 1. The van der Waals surface area contributed by atoms with Crippen LogP contribution in [0.5, 0.6) is 5.75 Å². The minimum Gasteiger partial charge on any atom is -0.497 e. The number of halogens is 2. The minimum atomic E-state index is -0.404. The number of hydrogen-bond acceptors (Lipinski definition) is 4. The number of aromatic nitrogens is 2. The summed E-state index contributed by atoms with van der Waals surface area (Å²) in [5, 5.41) is 8.28. The van der Waals surface area contributed by atoms with Crippen LogP contribution in [-0.2, 0) is 6.54 Å². The predicted molar refractivity (Wildman–Crippen MR) is 117 cm³/mol. The lowest BCUT2D eigenvalue weighted by atomic mass is 9.96. The van der Waals surface area contributed by atoms with Gasteiger partial charge in [-0.2, -0.15) is 5.10 Å². The Hall–Kier alpha value is -3.22. The standard InChI is InChI=1S/C23H17Cl2N3O3/c1-30-15-7-4-13(5-8-15)20-19-21(27-26-20)23(29)28(12-16-3-2-10-31-16)22(19)14-6-9-17(24)18(25)11-14/h2-11,22H,12H2,1H3,(H,26,27). The highest BCUT2D eigenvalue weighted by molar-refractivity contribution is 6.42. The monoisotopic (exact) mass is 453 g/mol. The van der Waals surface area contributed by atoms with Gasteiger partial charge in [-0.05, 0) is 54.1 Å². The lowest BCUT2D eigenvalue weighted by Crippen LogP contribution is -2.29. The Morgan fingerprint density at radius 2 is 1.94 bits per heavy atom. The summed E-state index contributed by atoms with van der Waals surface area (Å²) in [6, 6.07) is 16.2. The smallest absolute Gasteiger partial charge is 0.273 e. The Morgan fingerprint density at radius 3 is 2.61 bits per heavy atom. The first kappa shape index (κ1) is 19.7. The maximum atomic E-state index is 13.3. The highest BCUT2D eigenvalue weighted by Gasteiger charge is 2.42. The summed E-state index contributed by atoms with van der Waals surface area (Å²) < 4.78 is 10.8. The van der Waals surface area contributed by atoms with Crippen LogP contribution in [0.4, 0.5) is 0 Å². The first-order valence-electron chi connectivity index (χ1n) is 9.58. The number of methoxy groups -OCH3 is 1. The van der Waals surface area contributed by atoms with Crippen molar-refractivity contribution in [2.75, 3.05) is 7.11 Å². The number of hydrogen-bond donors (Lipinski definition) is 1. The summed E-state index contributed by atoms with van der Waals surface area (Å²) in [6.07, 6.45) is 1.59. The van der Waals surface area contributed by atoms with E-state index in [-0.39, 0.29) is 5.91 Å². The second-order valence-electron chi connectivity index (χ2n) is 7.18. The molecule has 0 spiro atoms. The van der Waals surface area contributed by atoms with Gasteiger partial charge in [-0.1, -0.05) is 29.3 Å². The summed E-state index contributed by atoms with van der Waals surface area (Å²) in [7, 11) is 1.62. The molecule has 4 aromatic rings. The predicted octanol–water partition coefficient (Wildman–Crippen LogP) is 5.73. The molecule has 0 radical (unpaired) electrons. The van der Waals surface area contributed by atoms with Crippen molar-refractivity contribution in [3.05, 3.63) is 93.5 Å². The number of ether oxygens (including phenoxy) is 1.